The summed E-state index contributed by atoms with van der Waals surface area (Å²) in [6, 6.07) is 8.10. The highest BCUT2D eigenvalue weighted by atomic mass is 32.2. The predicted molar refractivity (Wildman–Crippen MR) is 182 cm³/mol. The van der Waals surface area contributed by atoms with E-state index in [1.54, 1.807) is 37.3 Å². The van der Waals surface area contributed by atoms with Crippen LogP contribution in [0.4, 0.5) is 10.6 Å². The number of nitrogens with one attached hydrogen (secondary N) is 2. The summed E-state index contributed by atoms with van der Waals surface area (Å²) in [6.45, 7) is 4.64. The van der Waals surface area contributed by atoms with E-state index in [1.807, 2.05) is 6.92 Å². The molecule has 18 nitrogen and oxygen atoms in total. The van der Waals surface area contributed by atoms with Gasteiger partial charge in [-0.25, -0.2) is 19.0 Å². The van der Waals surface area contributed by atoms with Gasteiger partial charge >= 0.3 is 6.09 Å². The van der Waals surface area contributed by atoms with Crippen molar-refractivity contribution in [3.8, 4) is 11.4 Å². The van der Waals surface area contributed by atoms with E-state index in [4.69, 9.17) is 4.74 Å². The van der Waals surface area contributed by atoms with Gasteiger partial charge in [-0.2, -0.15) is 0 Å². The molecule has 4 amide bonds. The molecule has 2 aliphatic rings. The number of rotatable bonds is 13. The summed E-state index contributed by atoms with van der Waals surface area (Å²) >= 11 is -2.30. The zero-order valence-electron chi connectivity index (χ0n) is 28.3. The molecule has 51 heavy (non-hydrogen) atoms. The highest BCUT2D eigenvalue weighted by molar-refractivity contribution is 7.79. The second-order valence-electron chi connectivity index (χ2n) is 12.1. The lowest BCUT2D eigenvalue weighted by atomic mass is 9.87. The third-order valence-corrected chi connectivity index (χ3v) is 9.15. The molecule has 7 N–H and O–H groups in total. The maximum atomic E-state index is 13.8. The Bertz CT molecular complexity index is 1530. The van der Waals surface area contributed by atoms with Crippen molar-refractivity contribution in [3.05, 3.63) is 42.1 Å². The molecule has 0 saturated carbocycles. The Morgan fingerprint density at radius 3 is 2.18 bits per heavy atom. The van der Waals surface area contributed by atoms with E-state index >= 15 is 0 Å². The number of ether oxygens (including phenoxy) is 1. The molecule has 6 atom stereocenters. The van der Waals surface area contributed by atoms with Crippen LogP contribution in [0.3, 0.4) is 0 Å². The minimum atomic E-state index is -2.30. The van der Waals surface area contributed by atoms with Gasteiger partial charge in [0.2, 0.25) is 11.8 Å². The van der Waals surface area contributed by atoms with Gasteiger partial charge in [0.25, 0.3) is 5.91 Å². The van der Waals surface area contributed by atoms with Crippen molar-refractivity contribution in [2.75, 3.05) is 50.0 Å². The Kier molecular flexibility index (Phi) is 14.2. The number of benzene rings is 1. The van der Waals surface area contributed by atoms with E-state index in [9.17, 15) is 48.4 Å². The number of piperidine rings is 1. The Morgan fingerprint density at radius 1 is 0.961 bits per heavy atom. The summed E-state index contributed by atoms with van der Waals surface area (Å²) < 4.78 is 26.3. The molecule has 4 rings (SSSR count). The van der Waals surface area contributed by atoms with Crippen molar-refractivity contribution in [1.82, 2.24) is 30.4 Å². The maximum absolute atomic E-state index is 13.8. The first-order chi connectivity index (χ1) is 24.4. The highest BCUT2D eigenvalue weighted by Crippen LogP contribution is 2.32. The number of aliphatic hydroxyl groups is 4. The summed E-state index contributed by atoms with van der Waals surface area (Å²) in [4.78, 5) is 64.8. The third kappa shape index (κ3) is 9.75. The minimum Gasteiger partial charge on any atom is -0.449 e. The lowest BCUT2D eigenvalue weighted by molar-refractivity contribution is -0.164. The topological polar surface area (TPSA) is 255 Å². The summed E-state index contributed by atoms with van der Waals surface area (Å²) in [7, 11) is 0. The number of carbonyl (C=O) groups is 4. The fraction of sp³-hybridized carbons (Fsp3) is 0.562. The lowest BCUT2D eigenvalue weighted by Gasteiger charge is -2.46. The number of anilines is 1. The standard InChI is InChI=1S/C32H45N7O11S/c1-3-5-16-50-32(47)38-14-12-37(13-15-38)29(44)20(11-17-51(48)49)35-27(42)21-18-22(36-26(34-21)19-9-7-6-8-10-19)39-30(45)24(40)23(25(41)31(39)46)28(43)33-4-2/h6-10,18,20,23-25,30-31,40-41,45-46H,3-5,11-17H2,1-2H3,(H,33,43)(H,35,42)(H,48,49)/t20-,23?,24?,25?,30?,31?/m0/s1. The first-order valence-electron chi connectivity index (χ1n) is 16.7. The van der Waals surface area contributed by atoms with E-state index in [1.165, 1.54) is 9.80 Å². The molecule has 0 bridgehead atoms. The monoisotopic (exact) mass is 735 g/mol. The SMILES string of the molecule is CCCCOC(=O)N1CCN(C(=O)[C@H](CCS(=O)O)NC(=O)c2cc(N3C(O)C(O)C(C(=O)NCC)C(O)C3O)nc(-c3ccccc3)n2)CC1. The van der Waals surface area contributed by atoms with Crippen LogP contribution in [0.1, 0.15) is 43.6 Å². The van der Waals surface area contributed by atoms with Crippen molar-refractivity contribution in [2.24, 2.45) is 5.92 Å². The fourth-order valence-corrected chi connectivity index (χ4v) is 6.20. The minimum absolute atomic E-state index is 0.0613. The van der Waals surface area contributed by atoms with Gasteiger partial charge in [0, 0.05) is 44.4 Å². The number of unbranched alkanes of at least 4 members (excludes halogenated alkanes) is 1. The van der Waals surface area contributed by atoms with Crippen LogP contribution < -0.4 is 15.5 Å². The molecule has 1 aromatic heterocycles. The number of nitrogens with zero attached hydrogens (tertiary/aromatic N) is 5. The van der Waals surface area contributed by atoms with Gasteiger partial charge in [0.15, 0.2) is 29.4 Å². The Hall–Kier alpha value is -4.27. The number of aromatic nitrogens is 2. The second-order valence-corrected chi connectivity index (χ2v) is 13.1. The number of hydrogen-bond acceptors (Lipinski definition) is 13. The van der Waals surface area contributed by atoms with Crippen LogP contribution >= 0.6 is 0 Å². The van der Waals surface area contributed by atoms with Gasteiger partial charge in [-0.15, -0.1) is 0 Å². The first-order valence-corrected chi connectivity index (χ1v) is 18.0. The average molecular weight is 736 g/mol. The molecule has 0 radical (unpaired) electrons. The van der Waals surface area contributed by atoms with E-state index < -0.39 is 71.5 Å². The molecule has 0 spiro atoms. The molecule has 2 aliphatic heterocycles. The van der Waals surface area contributed by atoms with Crippen LogP contribution in [0.15, 0.2) is 36.4 Å². The van der Waals surface area contributed by atoms with Crippen LogP contribution in [0.25, 0.3) is 11.4 Å². The zero-order valence-corrected chi connectivity index (χ0v) is 29.1. The number of piperazine rings is 1. The summed E-state index contributed by atoms with van der Waals surface area (Å²) in [5, 5.41) is 48.9. The predicted octanol–water partition coefficient (Wildman–Crippen LogP) is -1.13. The van der Waals surface area contributed by atoms with Crippen LogP contribution in [-0.4, -0.2) is 149 Å². The highest BCUT2D eigenvalue weighted by Gasteiger charge is 2.51. The number of hydrogen-bond donors (Lipinski definition) is 7. The molecule has 280 valence electrons. The molecule has 1 aromatic carbocycles. The molecule has 0 aliphatic carbocycles. The molecular weight excluding hydrogens is 690 g/mol. The maximum Gasteiger partial charge on any atom is 0.409 e. The van der Waals surface area contributed by atoms with Crippen LogP contribution in [0.5, 0.6) is 0 Å². The van der Waals surface area contributed by atoms with Crippen molar-refractivity contribution in [3.63, 3.8) is 0 Å². The normalized spacial score (nSPS) is 23.3. The second kappa shape index (κ2) is 18.3. The molecule has 2 fully saturated rings. The van der Waals surface area contributed by atoms with E-state index in [0.717, 1.165) is 23.8 Å². The van der Waals surface area contributed by atoms with Crippen molar-refractivity contribution < 1.29 is 53.1 Å². The van der Waals surface area contributed by atoms with E-state index in [2.05, 4.69) is 20.6 Å². The van der Waals surface area contributed by atoms with Crippen molar-refractivity contribution in [1.29, 1.82) is 0 Å². The van der Waals surface area contributed by atoms with Gasteiger partial charge in [-0.3, -0.25) is 19.3 Å². The Labute approximate surface area is 297 Å². The molecule has 2 aromatic rings. The van der Waals surface area contributed by atoms with Gasteiger partial charge in [0.1, 0.15) is 29.8 Å². The fourth-order valence-electron chi connectivity index (χ4n) is 5.76. The van der Waals surface area contributed by atoms with Crippen LogP contribution in [0.2, 0.25) is 0 Å². The molecule has 19 heteroatoms. The van der Waals surface area contributed by atoms with Crippen molar-refractivity contribution in [2.45, 2.75) is 63.8 Å². The molecule has 3 heterocycles. The lowest BCUT2D eigenvalue weighted by Crippen LogP contribution is -2.67. The third-order valence-electron chi connectivity index (χ3n) is 8.57. The molecule has 2 saturated heterocycles. The van der Waals surface area contributed by atoms with Crippen molar-refractivity contribution >= 4 is 40.7 Å². The summed E-state index contributed by atoms with van der Waals surface area (Å²) in [6.07, 6.45) is -6.85. The van der Waals surface area contributed by atoms with Crippen LogP contribution in [-0.2, 0) is 25.4 Å². The number of aliphatic hydroxyl groups excluding tert-OH is 4. The Morgan fingerprint density at radius 2 is 1.59 bits per heavy atom. The van der Waals surface area contributed by atoms with Crippen LogP contribution in [0, 0.1) is 5.92 Å². The summed E-state index contributed by atoms with van der Waals surface area (Å²) in [5.41, 5.74) is 0.0562. The summed E-state index contributed by atoms with van der Waals surface area (Å²) in [5.74, 6) is -4.58. The smallest absolute Gasteiger partial charge is 0.409 e. The number of amides is 4. The average Bonchev–Trinajstić information content (AvgIpc) is 3.12. The van der Waals surface area contributed by atoms with E-state index in [-0.39, 0.29) is 68.8 Å². The number of carbonyl (C=O) groups excluding carboxylic acids is 4. The van der Waals surface area contributed by atoms with Gasteiger partial charge in [-0.05, 0) is 19.8 Å². The van der Waals surface area contributed by atoms with Gasteiger partial charge in [-0.1, -0.05) is 43.7 Å². The van der Waals surface area contributed by atoms with Gasteiger partial charge < -0.3 is 50.1 Å². The zero-order chi connectivity index (χ0) is 37.2. The van der Waals surface area contributed by atoms with Gasteiger partial charge in [0.05, 0.1) is 18.3 Å². The largest absolute Gasteiger partial charge is 0.449 e. The quantitative estimate of drug-likeness (QED) is 0.0949. The first kappa shape index (κ1) is 39.5. The molecular formula is C32H45N7O11S. The molecule has 5 unspecified atom stereocenters. The Balaban J connectivity index is 1.61. The van der Waals surface area contributed by atoms with E-state index in [0.29, 0.717) is 5.56 Å².